The molecule has 1 aliphatic heterocycles. The summed E-state index contributed by atoms with van der Waals surface area (Å²) in [6.07, 6.45) is -0.525. The molecule has 0 spiro atoms. The van der Waals surface area contributed by atoms with E-state index in [4.69, 9.17) is 0 Å². The molecular formula is C6H11ClFNO2. The molecule has 1 atom stereocenters. The number of carbonyl (C=O) groups is 1. The van der Waals surface area contributed by atoms with Crippen LogP contribution in [0.3, 0.4) is 0 Å². The second-order valence-corrected chi connectivity index (χ2v) is 2.24. The van der Waals surface area contributed by atoms with Gasteiger partial charge in [-0.25, -0.2) is 9.18 Å². The second kappa shape index (κ2) is 4.38. The zero-order chi connectivity index (χ0) is 7.56. The number of amides is 1. The minimum Gasteiger partial charge on any atom is -0.453 e. The Labute approximate surface area is 70.9 Å². The molecule has 11 heavy (non-hydrogen) atoms. The summed E-state index contributed by atoms with van der Waals surface area (Å²) in [5.74, 6) is 0. The molecule has 0 N–H and O–H groups in total. The number of methoxy groups -OCH3 is 1. The maximum atomic E-state index is 12.7. The van der Waals surface area contributed by atoms with Gasteiger partial charge in [-0.15, -0.1) is 12.4 Å². The number of alkyl halides is 1. The van der Waals surface area contributed by atoms with Crippen molar-refractivity contribution in [2.45, 2.75) is 19.1 Å². The van der Waals surface area contributed by atoms with Crippen molar-refractivity contribution >= 4 is 18.5 Å². The van der Waals surface area contributed by atoms with Crippen LogP contribution in [0.4, 0.5) is 9.18 Å². The topological polar surface area (TPSA) is 29.5 Å². The van der Waals surface area contributed by atoms with E-state index in [-0.39, 0.29) is 12.4 Å². The van der Waals surface area contributed by atoms with Crippen molar-refractivity contribution in [2.24, 2.45) is 0 Å². The second-order valence-electron chi connectivity index (χ2n) is 2.24. The molecule has 66 valence electrons. The molecule has 0 aromatic carbocycles. The van der Waals surface area contributed by atoms with Crippen LogP contribution in [0.2, 0.25) is 0 Å². The first-order valence-corrected chi connectivity index (χ1v) is 3.24. The highest BCUT2D eigenvalue weighted by molar-refractivity contribution is 5.85. The first-order chi connectivity index (χ1) is 4.75. The van der Waals surface area contributed by atoms with Crippen molar-refractivity contribution < 1.29 is 13.9 Å². The van der Waals surface area contributed by atoms with Gasteiger partial charge in [-0.2, -0.15) is 0 Å². The predicted molar refractivity (Wildman–Crippen MR) is 40.5 cm³/mol. The summed E-state index contributed by atoms with van der Waals surface area (Å²) in [5.41, 5.74) is 0. The molecule has 1 unspecified atom stereocenters. The Hall–Kier alpha value is -0.510. The average molecular weight is 184 g/mol. The van der Waals surface area contributed by atoms with Crippen LogP contribution in [0.1, 0.15) is 12.8 Å². The smallest absolute Gasteiger partial charge is 0.411 e. The standard InChI is InChI=1S/C6H10FNO2.ClH/c1-10-6(9)8-4-2-3-5(8)7;/h5H,2-4H2,1H3;1H. The van der Waals surface area contributed by atoms with E-state index in [9.17, 15) is 9.18 Å². The van der Waals surface area contributed by atoms with E-state index in [1.54, 1.807) is 0 Å². The van der Waals surface area contributed by atoms with Gasteiger partial charge in [0.25, 0.3) is 0 Å². The van der Waals surface area contributed by atoms with Gasteiger partial charge < -0.3 is 4.74 Å². The van der Waals surface area contributed by atoms with Gasteiger partial charge in [0, 0.05) is 6.54 Å². The Morgan fingerprint density at radius 1 is 1.73 bits per heavy atom. The van der Waals surface area contributed by atoms with Crippen LogP contribution in [0.15, 0.2) is 0 Å². The van der Waals surface area contributed by atoms with Crippen LogP contribution in [0.5, 0.6) is 0 Å². The lowest BCUT2D eigenvalue weighted by atomic mass is 10.4. The third-order valence-electron chi connectivity index (χ3n) is 1.59. The fourth-order valence-electron chi connectivity index (χ4n) is 1.05. The average Bonchev–Trinajstić information content (AvgIpc) is 2.34. The van der Waals surface area contributed by atoms with Crippen LogP contribution in [-0.4, -0.2) is 30.9 Å². The van der Waals surface area contributed by atoms with E-state index in [0.717, 1.165) is 11.3 Å². The maximum absolute atomic E-state index is 12.7. The van der Waals surface area contributed by atoms with Crippen LogP contribution in [0, 0.1) is 0 Å². The fourth-order valence-corrected chi connectivity index (χ4v) is 1.05. The van der Waals surface area contributed by atoms with Crippen molar-refractivity contribution in [3.8, 4) is 0 Å². The van der Waals surface area contributed by atoms with Gasteiger partial charge in [-0.05, 0) is 12.8 Å². The number of nitrogens with zero attached hydrogens (tertiary/aromatic N) is 1. The summed E-state index contributed by atoms with van der Waals surface area (Å²) < 4.78 is 17.0. The molecular weight excluding hydrogens is 173 g/mol. The molecule has 1 fully saturated rings. The molecule has 5 heteroatoms. The van der Waals surface area contributed by atoms with Crippen molar-refractivity contribution in [2.75, 3.05) is 13.7 Å². The zero-order valence-corrected chi connectivity index (χ0v) is 7.07. The molecule has 0 aromatic rings. The molecule has 0 aromatic heterocycles. The third-order valence-corrected chi connectivity index (χ3v) is 1.59. The number of hydrogen-bond donors (Lipinski definition) is 0. The van der Waals surface area contributed by atoms with Crippen molar-refractivity contribution in [3.05, 3.63) is 0 Å². The number of likely N-dealkylation sites (tertiary alicyclic amines) is 1. The molecule has 3 nitrogen and oxygen atoms in total. The van der Waals surface area contributed by atoms with Gasteiger partial charge in [0.05, 0.1) is 7.11 Å². The summed E-state index contributed by atoms with van der Waals surface area (Å²) >= 11 is 0. The molecule has 0 radical (unpaired) electrons. The number of halogens is 2. The molecule has 1 aliphatic rings. The summed E-state index contributed by atoms with van der Waals surface area (Å²) in [7, 11) is 1.26. The van der Waals surface area contributed by atoms with Crippen LogP contribution in [-0.2, 0) is 4.74 Å². The number of rotatable bonds is 0. The summed E-state index contributed by atoms with van der Waals surface area (Å²) in [6.45, 7) is 0.480. The van der Waals surface area contributed by atoms with E-state index in [1.165, 1.54) is 7.11 Å². The van der Waals surface area contributed by atoms with E-state index in [2.05, 4.69) is 4.74 Å². The van der Waals surface area contributed by atoms with E-state index in [0.29, 0.717) is 13.0 Å². The van der Waals surface area contributed by atoms with Crippen molar-refractivity contribution in [3.63, 3.8) is 0 Å². The van der Waals surface area contributed by atoms with Gasteiger partial charge >= 0.3 is 6.09 Å². The van der Waals surface area contributed by atoms with Gasteiger partial charge in [0.1, 0.15) is 0 Å². The summed E-state index contributed by atoms with van der Waals surface area (Å²) in [5, 5.41) is 0. The number of carbonyl (C=O) groups excluding carboxylic acids is 1. The number of ether oxygens (including phenoxy) is 1. The Morgan fingerprint density at radius 3 is 2.73 bits per heavy atom. The van der Waals surface area contributed by atoms with Gasteiger partial charge in [0.15, 0.2) is 6.30 Å². The SMILES string of the molecule is COC(=O)N1CCCC1F.Cl. The highest BCUT2D eigenvalue weighted by Gasteiger charge is 2.28. The molecule has 0 aliphatic carbocycles. The lowest BCUT2D eigenvalue weighted by molar-refractivity contribution is 0.0838. The molecule has 1 amide bonds. The Morgan fingerprint density at radius 2 is 2.36 bits per heavy atom. The summed E-state index contributed by atoms with van der Waals surface area (Å²) in [6, 6.07) is 0. The normalized spacial score (nSPS) is 22.7. The van der Waals surface area contributed by atoms with Crippen molar-refractivity contribution in [1.82, 2.24) is 4.90 Å². The van der Waals surface area contributed by atoms with E-state index < -0.39 is 12.4 Å². The van der Waals surface area contributed by atoms with Gasteiger partial charge in [0.2, 0.25) is 0 Å². The van der Waals surface area contributed by atoms with Crippen LogP contribution in [0.25, 0.3) is 0 Å². The predicted octanol–water partition coefficient (Wildman–Crippen LogP) is 1.57. The zero-order valence-electron chi connectivity index (χ0n) is 6.25. The van der Waals surface area contributed by atoms with Crippen LogP contribution < -0.4 is 0 Å². The third kappa shape index (κ3) is 2.22. The summed E-state index contributed by atoms with van der Waals surface area (Å²) in [4.78, 5) is 11.8. The molecule has 1 rings (SSSR count). The monoisotopic (exact) mass is 183 g/mol. The molecule has 0 saturated carbocycles. The molecule has 1 saturated heterocycles. The molecule has 1 heterocycles. The largest absolute Gasteiger partial charge is 0.453 e. The Bertz CT molecular complexity index is 145. The number of hydrogen-bond acceptors (Lipinski definition) is 2. The van der Waals surface area contributed by atoms with Gasteiger partial charge in [-0.1, -0.05) is 0 Å². The quantitative estimate of drug-likeness (QED) is 0.534. The highest BCUT2D eigenvalue weighted by Crippen LogP contribution is 2.18. The van der Waals surface area contributed by atoms with Crippen molar-refractivity contribution in [1.29, 1.82) is 0 Å². The Balaban J connectivity index is 0.000001000. The lowest BCUT2D eigenvalue weighted by Gasteiger charge is -2.15. The van der Waals surface area contributed by atoms with E-state index in [1.807, 2.05) is 0 Å². The molecule has 0 bridgehead atoms. The van der Waals surface area contributed by atoms with E-state index >= 15 is 0 Å². The highest BCUT2D eigenvalue weighted by atomic mass is 35.5. The lowest BCUT2D eigenvalue weighted by Crippen LogP contribution is -2.32. The minimum absolute atomic E-state index is 0. The fraction of sp³-hybridized carbons (Fsp3) is 0.833. The van der Waals surface area contributed by atoms with Crippen LogP contribution >= 0.6 is 12.4 Å². The first kappa shape index (κ1) is 10.5. The van der Waals surface area contributed by atoms with Gasteiger partial charge in [-0.3, -0.25) is 4.90 Å². The first-order valence-electron chi connectivity index (χ1n) is 3.24. The Kier molecular flexibility index (Phi) is 4.18. The maximum Gasteiger partial charge on any atom is 0.411 e. The minimum atomic E-state index is -1.13.